The summed E-state index contributed by atoms with van der Waals surface area (Å²) in [6.45, 7) is 1.35. The van der Waals surface area contributed by atoms with E-state index in [-0.39, 0.29) is 0 Å². The fourth-order valence-electron chi connectivity index (χ4n) is 1.90. The Morgan fingerprint density at radius 2 is 1.91 bits per heavy atom. The second-order valence-electron chi connectivity index (χ2n) is 4.58. The van der Waals surface area contributed by atoms with E-state index in [4.69, 9.17) is 10.5 Å². The van der Waals surface area contributed by atoms with Crippen molar-refractivity contribution in [3.8, 4) is 5.69 Å². The van der Waals surface area contributed by atoms with E-state index in [1.807, 2.05) is 41.3 Å². The maximum absolute atomic E-state index is 11.9. The Morgan fingerprint density at radius 3 is 2.55 bits per heavy atom. The van der Waals surface area contributed by atoms with Crippen molar-refractivity contribution >= 4 is 17.9 Å². The molecule has 1 aromatic heterocycles. The number of hydrogen-bond donors (Lipinski definition) is 2. The van der Waals surface area contributed by atoms with Crippen LogP contribution in [0.4, 0.5) is 4.79 Å². The second kappa shape index (κ2) is 6.57. The van der Waals surface area contributed by atoms with Gasteiger partial charge in [0.05, 0.1) is 5.56 Å². The first-order chi connectivity index (χ1) is 10.5. The number of carbonyl (C=O) groups excluding carboxylic acids is 3. The van der Waals surface area contributed by atoms with Gasteiger partial charge in [-0.2, -0.15) is 0 Å². The molecule has 0 saturated carbocycles. The number of imide groups is 1. The molecule has 0 aliphatic rings. The van der Waals surface area contributed by atoms with Crippen molar-refractivity contribution in [3.63, 3.8) is 0 Å². The molecular weight excluding hydrogens is 286 g/mol. The minimum absolute atomic E-state index is 0.307. The molecule has 7 nitrogen and oxygen atoms in total. The summed E-state index contributed by atoms with van der Waals surface area (Å²) >= 11 is 0. The molecule has 0 radical (unpaired) electrons. The zero-order valence-electron chi connectivity index (χ0n) is 11.9. The number of urea groups is 1. The van der Waals surface area contributed by atoms with Crippen molar-refractivity contribution in [2.24, 2.45) is 5.73 Å². The van der Waals surface area contributed by atoms with Crippen molar-refractivity contribution in [1.29, 1.82) is 0 Å². The van der Waals surface area contributed by atoms with Gasteiger partial charge in [0.15, 0.2) is 6.61 Å². The normalized spacial score (nSPS) is 10.0. The number of nitrogens with zero attached hydrogens (tertiary/aromatic N) is 1. The second-order valence-corrected chi connectivity index (χ2v) is 4.58. The fourth-order valence-corrected chi connectivity index (χ4v) is 1.90. The lowest BCUT2D eigenvalue weighted by molar-refractivity contribution is -0.123. The molecule has 0 aliphatic heterocycles. The number of benzene rings is 1. The monoisotopic (exact) mass is 301 g/mol. The molecule has 0 unspecified atom stereocenters. The number of aryl methyl sites for hydroxylation is 1. The first kappa shape index (κ1) is 15.3. The van der Waals surface area contributed by atoms with E-state index in [9.17, 15) is 14.4 Å². The van der Waals surface area contributed by atoms with Gasteiger partial charge in [0.25, 0.3) is 5.91 Å². The Bertz CT molecular complexity index is 708. The van der Waals surface area contributed by atoms with Crippen LogP contribution in [-0.2, 0) is 9.53 Å². The van der Waals surface area contributed by atoms with Gasteiger partial charge in [-0.05, 0) is 36.8 Å². The van der Waals surface area contributed by atoms with Gasteiger partial charge >= 0.3 is 12.0 Å². The molecule has 1 aromatic carbocycles. The Morgan fingerprint density at radius 1 is 1.23 bits per heavy atom. The highest BCUT2D eigenvalue weighted by atomic mass is 16.5. The minimum Gasteiger partial charge on any atom is -0.452 e. The van der Waals surface area contributed by atoms with Crippen LogP contribution < -0.4 is 11.1 Å². The topological polar surface area (TPSA) is 103 Å². The quantitative estimate of drug-likeness (QED) is 0.826. The molecule has 3 N–H and O–H groups in total. The first-order valence-electron chi connectivity index (χ1n) is 6.48. The Balaban J connectivity index is 2.09. The van der Waals surface area contributed by atoms with Crippen molar-refractivity contribution in [1.82, 2.24) is 9.88 Å². The standard InChI is InChI=1S/C15H15N3O4/c1-10-4-5-11(8-12(10)18-6-2-3-7-18)14(20)22-9-13(19)17-15(16)21/h2-8H,9H2,1H3,(H3,16,17,19,21). The predicted octanol–water partition coefficient (Wildman–Crippen LogP) is 1.14. The zero-order valence-corrected chi connectivity index (χ0v) is 11.9. The molecular formula is C15H15N3O4. The van der Waals surface area contributed by atoms with Crippen molar-refractivity contribution in [3.05, 3.63) is 53.9 Å². The number of aromatic nitrogens is 1. The molecule has 2 rings (SSSR count). The molecule has 22 heavy (non-hydrogen) atoms. The molecule has 0 bridgehead atoms. The number of carbonyl (C=O) groups is 3. The van der Waals surface area contributed by atoms with E-state index in [0.29, 0.717) is 5.56 Å². The summed E-state index contributed by atoms with van der Waals surface area (Å²) in [5.41, 5.74) is 6.91. The van der Waals surface area contributed by atoms with E-state index in [2.05, 4.69) is 0 Å². The number of primary amides is 1. The van der Waals surface area contributed by atoms with Gasteiger partial charge < -0.3 is 15.0 Å². The number of nitrogens with two attached hydrogens (primary N) is 1. The molecule has 114 valence electrons. The van der Waals surface area contributed by atoms with Crippen LogP contribution >= 0.6 is 0 Å². The molecule has 0 spiro atoms. The number of nitrogens with one attached hydrogen (secondary N) is 1. The van der Waals surface area contributed by atoms with E-state index in [0.717, 1.165) is 11.3 Å². The molecule has 2 aromatic rings. The van der Waals surface area contributed by atoms with Crippen LogP contribution in [-0.4, -0.2) is 29.1 Å². The van der Waals surface area contributed by atoms with Crippen LogP contribution in [0.25, 0.3) is 5.69 Å². The van der Waals surface area contributed by atoms with Gasteiger partial charge in [-0.15, -0.1) is 0 Å². The van der Waals surface area contributed by atoms with Gasteiger partial charge in [-0.25, -0.2) is 9.59 Å². The third-order valence-corrected chi connectivity index (χ3v) is 2.92. The molecule has 0 fully saturated rings. The largest absolute Gasteiger partial charge is 0.452 e. The van der Waals surface area contributed by atoms with Crippen LogP contribution in [0, 0.1) is 6.92 Å². The third kappa shape index (κ3) is 3.72. The van der Waals surface area contributed by atoms with E-state index in [1.165, 1.54) is 0 Å². The van der Waals surface area contributed by atoms with Gasteiger partial charge in [-0.1, -0.05) is 6.07 Å². The van der Waals surface area contributed by atoms with Crippen LogP contribution in [0.3, 0.4) is 0 Å². The highest BCUT2D eigenvalue weighted by Gasteiger charge is 2.13. The Labute approximate surface area is 126 Å². The maximum Gasteiger partial charge on any atom is 0.338 e. The number of amides is 3. The Kier molecular flexibility index (Phi) is 4.57. The summed E-state index contributed by atoms with van der Waals surface area (Å²) in [6, 6.07) is 7.82. The van der Waals surface area contributed by atoms with Crippen LogP contribution in [0.15, 0.2) is 42.7 Å². The number of rotatable bonds is 4. The van der Waals surface area contributed by atoms with E-state index >= 15 is 0 Å². The van der Waals surface area contributed by atoms with Gasteiger partial charge in [-0.3, -0.25) is 10.1 Å². The van der Waals surface area contributed by atoms with Gasteiger partial charge in [0.2, 0.25) is 0 Å². The van der Waals surface area contributed by atoms with Crippen LogP contribution in [0.2, 0.25) is 0 Å². The molecule has 1 heterocycles. The fraction of sp³-hybridized carbons (Fsp3) is 0.133. The van der Waals surface area contributed by atoms with Crippen LogP contribution in [0.1, 0.15) is 15.9 Å². The van der Waals surface area contributed by atoms with Crippen molar-refractivity contribution in [2.75, 3.05) is 6.61 Å². The molecule has 0 atom stereocenters. The average molecular weight is 301 g/mol. The number of hydrogen-bond acceptors (Lipinski definition) is 4. The molecule has 0 aliphatic carbocycles. The van der Waals surface area contributed by atoms with Crippen LogP contribution in [0.5, 0.6) is 0 Å². The summed E-state index contributed by atoms with van der Waals surface area (Å²) in [6.07, 6.45) is 3.72. The highest BCUT2D eigenvalue weighted by molar-refractivity contribution is 5.96. The smallest absolute Gasteiger partial charge is 0.338 e. The number of esters is 1. The van der Waals surface area contributed by atoms with Gasteiger partial charge in [0.1, 0.15) is 0 Å². The first-order valence-corrected chi connectivity index (χ1v) is 6.48. The maximum atomic E-state index is 11.9. The predicted molar refractivity (Wildman–Crippen MR) is 78.5 cm³/mol. The van der Waals surface area contributed by atoms with E-state index < -0.39 is 24.5 Å². The summed E-state index contributed by atoms with van der Waals surface area (Å²) in [5.74, 6) is -1.44. The number of ether oxygens (including phenoxy) is 1. The zero-order chi connectivity index (χ0) is 16.1. The molecule has 0 saturated heterocycles. The lowest BCUT2D eigenvalue weighted by Gasteiger charge is -2.10. The van der Waals surface area contributed by atoms with Gasteiger partial charge in [0, 0.05) is 18.1 Å². The summed E-state index contributed by atoms with van der Waals surface area (Å²) in [4.78, 5) is 33.6. The lowest BCUT2D eigenvalue weighted by atomic mass is 10.1. The average Bonchev–Trinajstić information content (AvgIpc) is 2.98. The Hall–Kier alpha value is -3.09. The third-order valence-electron chi connectivity index (χ3n) is 2.92. The van der Waals surface area contributed by atoms with E-state index in [1.54, 1.807) is 18.2 Å². The molecule has 7 heteroatoms. The summed E-state index contributed by atoms with van der Waals surface area (Å²) < 4.78 is 6.70. The SMILES string of the molecule is Cc1ccc(C(=O)OCC(=O)NC(N)=O)cc1-n1cccc1. The summed E-state index contributed by atoms with van der Waals surface area (Å²) in [7, 11) is 0. The van der Waals surface area contributed by atoms with Crippen molar-refractivity contribution in [2.45, 2.75) is 6.92 Å². The lowest BCUT2D eigenvalue weighted by Crippen LogP contribution is -2.37. The summed E-state index contributed by atoms with van der Waals surface area (Å²) in [5, 5.41) is 1.81. The van der Waals surface area contributed by atoms with Crippen molar-refractivity contribution < 1.29 is 19.1 Å². The minimum atomic E-state index is -0.994. The molecule has 3 amide bonds. The highest BCUT2D eigenvalue weighted by Crippen LogP contribution is 2.17.